The maximum absolute atomic E-state index is 12.1. The molecule has 0 atom stereocenters. The van der Waals surface area contributed by atoms with Crippen LogP contribution in [0, 0.1) is 0 Å². The van der Waals surface area contributed by atoms with Crippen molar-refractivity contribution in [2.24, 2.45) is 5.11 Å². The maximum Gasteiger partial charge on any atom is 0.251 e. The minimum absolute atomic E-state index is 0.159. The normalized spacial score (nSPS) is 10.2. The van der Waals surface area contributed by atoms with Gasteiger partial charge in [0.25, 0.3) is 5.91 Å². The zero-order chi connectivity index (χ0) is 19.6. The zero-order valence-corrected chi connectivity index (χ0v) is 16.3. The smallest absolute Gasteiger partial charge is 0.251 e. The minimum Gasteiger partial charge on any atom is -0.352 e. The first-order valence-electron chi connectivity index (χ1n) is 9.03. The lowest BCUT2D eigenvalue weighted by Gasteiger charge is -2.18. The van der Waals surface area contributed by atoms with Crippen LogP contribution in [0.15, 0.2) is 90.0 Å². The largest absolute Gasteiger partial charge is 0.352 e. The van der Waals surface area contributed by atoms with E-state index in [2.05, 4.69) is 63.9 Å². The highest BCUT2D eigenvalue weighted by Gasteiger charge is 2.16. The second-order valence-corrected chi connectivity index (χ2v) is 8.37. The second kappa shape index (κ2) is 10.3. The van der Waals surface area contributed by atoms with Gasteiger partial charge in [0, 0.05) is 23.6 Å². The average Bonchev–Trinajstić information content (AvgIpc) is 2.76. The van der Waals surface area contributed by atoms with Crippen LogP contribution in [0.25, 0.3) is 10.4 Å². The first-order chi connectivity index (χ1) is 13.8. The Kier molecular flexibility index (Phi) is 7.25. The number of hydrogen-bond donors (Lipinski definition) is 1. The van der Waals surface area contributed by atoms with E-state index in [1.54, 1.807) is 0 Å². The average molecular weight is 386 g/mol. The van der Waals surface area contributed by atoms with Gasteiger partial charge in [0.05, 0.1) is 0 Å². The summed E-state index contributed by atoms with van der Waals surface area (Å²) in [6.07, 6.45) is 0. The summed E-state index contributed by atoms with van der Waals surface area (Å²) in [5.41, 5.74) is 10.1. The number of benzene rings is 3. The SMILES string of the molecule is [N-]=[N+]=NCCNC(=O)c1ccc(BP(c2ccccc2)c2ccccc2)cc1. The molecule has 138 valence electrons. The van der Waals surface area contributed by atoms with E-state index in [1.165, 1.54) is 16.1 Å². The molecule has 0 saturated heterocycles. The number of azide groups is 1. The second-order valence-electron chi connectivity index (χ2n) is 6.16. The van der Waals surface area contributed by atoms with Gasteiger partial charge in [-0.05, 0) is 28.3 Å². The van der Waals surface area contributed by atoms with Gasteiger partial charge in [-0.15, -0.1) is 0 Å². The van der Waals surface area contributed by atoms with Crippen LogP contribution < -0.4 is 21.4 Å². The summed E-state index contributed by atoms with van der Waals surface area (Å²) >= 11 is 0. The van der Waals surface area contributed by atoms with Crippen molar-refractivity contribution < 1.29 is 4.79 Å². The van der Waals surface area contributed by atoms with Gasteiger partial charge in [-0.3, -0.25) is 4.79 Å². The van der Waals surface area contributed by atoms with Gasteiger partial charge in [-0.25, -0.2) is 0 Å². The van der Waals surface area contributed by atoms with Crippen molar-refractivity contribution in [1.29, 1.82) is 0 Å². The fourth-order valence-electron chi connectivity index (χ4n) is 2.86. The lowest BCUT2D eigenvalue weighted by molar-refractivity contribution is 0.0955. The van der Waals surface area contributed by atoms with Crippen LogP contribution in [0.1, 0.15) is 10.4 Å². The van der Waals surface area contributed by atoms with Crippen LogP contribution in [-0.2, 0) is 0 Å². The van der Waals surface area contributed by atoms with Crippen molar-refractivity contribution in [3.63, 3.8) is 0 Å². The third-order valence-corrected chi connectivity index (χ3v) is 6.78. The van der Waals surface area contributed by atoms with Crippen LogP contribution in [0.2, 0.25) is 0 Å². The maximum atomic E-state index is 12.1. The highest BCUT2D eigenvalue weighted by molar-refractivity contribution is 7.98. The summed E-state index contributed by atoms with van der Waals surface area (Å²) in [5.74, 6) is -0.159. The van der Waals surface area contributed by atoms with Crippen LogP contribution in [0.5, 0.6) is 0 Å². The molecule has 0 heterocycles. The van der Waals surface area contributed by atoms with E-state index in [0.29, 0.717) is 12.1 Å². The molecule has 1 N–H and O–H groups in total. The molecule has 1 amide bonds. The number of hydrogen-bond acceptors (Lipinski definition) is 2. The summed E-state index contributed by atoms with van der Waals surface area (Å²) in [4.78, 5) is 14.8. The number of rotatable bonds is 8. The molecule has 0 unspecified atom stereocenters. The molecule has 0 saturated carbocycles. The van der Waals surface area contributed by atoms with Gasteiger partial charge in [0.1, 0.15) is 0 Å². The summed E-state index contributed by atoms with van der Waals surface area (Å²) in [6, 6.07) is 28.9. The molecule has 0 aliphatic rings. The number of carbonyl (C=O) groups excluding carboxylic acids is 1. The Labute approximate surface area is 166 Å². The van der Waals surface area contributed by atoms with E-state index in [4.69, 9.17) is 5.53 Å². The number of amides is 1. The first-order valence-corrected chi connectivity index (χ1v) is 10.6. The Hall–Kier alpha value is -3.07. The van der Waals surface area contributed by atoms with E-state index >= 15 is 0 Å². The predicted octanol–water partition coefficient (Wildman–Crippen LogP) is 2.84. The molecule has 0 spiro atoms. The van der Waals surface area contributed by atoms with E-state index < -0.39 is 7.80 Å². The quantitative estimate of drug-likeness (QED) is 0.159. The van der Waals surface area contributed by atoms with Gasteiger partial charge >= 0.3 is 0 Å². The molecule has 0 aromatic heterocycles. The van der Waals surface area contributed by atoms with E-state index in [9.17, 15) is 4.79 Å². The van der Waals surface area contributed by atoms with Crippen molar-refractivity contribution in [1.82, 2.24) is 5.32 Å². The van der Waals surface area contributed by atoms with Crippen molar-refractivity contribution in [2.45, 2.75) is 0 Å². The summed E-state index contributed by atoms with van der Waals surface area (Å²) in [7, 11) is -0.513. The molecule has 0 bridgehead atoms. The monoisotopic (exact) mass is 386 g/mol. The predicted molar refractivity (Wildman–Crippen MR) is 119 cm³/mol. The molecule has 3 aromatic rings. The molecule has 0 radical (unpaired) electrons. The third kappa shape index (κ3) is 5.47. The number of carbonyl (C=O) groups is 1. The molecule has 5 nitrogen and oxygen atoms in total. The van der Waals surface area contributed by atoms with E-state index in [1.807, 2.05) is 36.4 Å². The molecule has 7 heteroatoms. The molecular weight excluding hydrogens is 366 g/mol. The van der Waals surface area contributed by atoms with Crippen molar-refractivity contribution in [3.05, 3.63) is 101 Å². The molecule has 0 aliphatic carbocycles. The Morgan fingerprint density at radius 3 is 2.04 bits per heavy atom. The topological polar surface area (TPSA) is 77.9 Å². The van der Waals surface area contributed by atoms with Gasteiger partial charge < -0.3 is 5.32 Å². The summed E-state index contributed by atoms with van der Waals surface area (Å²) in [5, 5.41) is 8.83. The first kappa shape index (κ1) is 19.7. The standard InChI is InChI=1S/C21H20BN4OP/c23-26-25-16-15-24-21(27)17-11-13-18(14-12-17)22-28(19-7-3-1-4-8-19)20-9-5-2-6-10-20/h1-14,22H,15-16H2,(H,24,27). The van der Waals surface area contributed by atoms with Gasteiger partial charge in [0.2, 0.25) is 0 Å². The lowest BCUT2D eigenvalue weighted by Crippen LogP contribution is -2.27. The summed E-state index contributed by atoms with van der Waals surface area (Å²) in [6.45, 7) is 1.50. The third-order valence-electron chi connectivity index (χ3n) is 4.25. The number of nitrogens with zero attached hydrogens (tertiary/aromatic N) is 3. The molecule has 3 aromatic carbocycles. The van der Waals surface area contributed by atoms with Crippen LogP contribution in [-0.4, -0.2) is 26.0 Å². The van der Waals surface area contributed by atoms with Crippen LogP contribution in [0.3, 0.4) is 0 Å². The van der Waals surface area contributed by atoms with Crippen molar-refractivity contribution in [2.75, 3.05) is 13.1 Å². The van der Waals surface area contributed by atoms with Gasteiger partial charge in [-0.2, -0.15) is 0 Å². The fourth-order valence-corrected chi connectivity index (χ4v) is 5.16. The minimum atomic E-state index is -0.513. The van der Waals surface area contributed by atoms with Crippen molar-refractivity contribution >= 4 is 36.8 Å². The Morgan fingerprint density at radius 1 is 0.929 bits per heavy atom. The highest BCUT2D eigenvalue weighted by Crippen LogP contribution is 2.30. The van der Waals surface area contributed by atoms with E-state index in [0.717, 1.165) is 7.00 Å². The Bertz CT molecular complexity index is 906. The lowest BCUT2D eigenvalue weighted by atomic mass is 9.93. The zero-order valence-electron chi connectivity index (χ0n) is 15.4. The molecular formula is C21H20BN4OP. The summed E-state index contributed by atoms with van der Waals surface area (Å²) < 4.78 is 0. The fraction of sp³-hybridized carbons (Fsp3) is 0.0952. The Balaban J connectivity index is 1.73. The van der Waals surface area contributed by atoms with Gasteiger partial charge in [0.15, 0.2) is 7.00 Å². The number of nitrogens with one attached hydrogen (secondary N) is 1. The molecule has 28 heavy (non-hydrogen) atoms. The van der Waals surface area contributed by atoms with E-state index in [-0.39, 0.29) is 12.5 Å². The Morgan fingerprint density at radius 2 is 1.50 bits per heavy atom. The van der Waals surface area contributed by atoms with Crippen molar-refractivity contribution in [3.8, 4) is 0 Å². The molecule has 0 aliphatic heterocycles. The molecule has 0 fully saturated rings. The highest BCUT2D eigenvalue weighted by atomic mass is 31.1. The molecule has 3 rings (SSSR count). The van der Waals surface area contributed by atoms with Crippen LogP contribution in [0.4, 0.5) is 0 Å². The van der Waals surface area contributed by atoms with Gasteiger partial charge in [-0.1, -0.05) is 91.2 Å². The van der Waals surface area contributed by atoms with Crippen LogP contribution >= 0.6 is 7.80 Å².